The summed E-state index contributed by atoms with van der Waals surface area (Å²) < 4.78 is 0. The summed E-state index contributed by atoms with van der Waals surface area (Å²) >= 11 is 0. The van der Waals surface area contributed by atoms with Crippen molar-refractivity contribution in [3.8, 4) is 11.8 Å². The van der Waals surface area contributed by atoms with Crippen LogP contribution in [0.1, 0.15) is 72.1 Å². The third-order valence-corrected chi connectivity index (χ3v) is 5.50. The van der Waals surface area contributed by atoms with Gasteiger partial charge in [0.05, 0.1) is 6.10 Å². The van der Waals surface area contributed by atoms with Gasteiger partial charge in [0, 0.05) is 32.0 Å². The molecule has 1 saturated carbocycles. The third kappa shape index (κ3) is 9.64. The molecule has 0 aromatic rings. The van der Waals surface area contributed by atoms with Gasteiger partial charge in [0.25, 0.3) is 0 Å². The van der Waals surface area contributed by atoms with E-state index in [4.69, 9.17) is 0 Å². The zero-order chi connectivity index (χ0) is 18.5. The molecule has 0 atom stereocenters. The standard InChI is InChI=1S/C12H24N2O.C8H12.C2H6/c1-13-6-2-11(3-7-13)10-14-8-4-12(15)5-9-14;1-2-3-5-8-6-4-7-8;1-2/h11-12,15H,2-10H2,1H3;8H,2,4,6-7H2,1H3;1-2H3. The van der Waals surface area contributed by atoms with Crippen LogP contribution in [0.2, 0.25) is 0 Å². The maximum atomic E-state index is 9.43. The van der Waals surface area contributed by atoms with Crippen molar-refractivity contribution in [2.24, 2.45) is 11.8 Å². The van der Waals surface area contributed by atoms with Gasteiger partial charge in [0.2, 0.25) is 0 Å². The van der Waals surface area contributed by atoms with Crippen LogP contribution in [-0.2, 0) is 0 Å². The Kier molecular flexibility index (Phi) is 12.2. The molecular formula is C22H42N2O. The second kappa shape index (κ2) is 13.6. The maximum Gasteiger partial charge on any atom is 0.0564 e. The second-order valence-electron chi connectivity index (χ2n) is 7.58. The lowest BCUT2D eigenvalue weighted by Crippen LogP contribution is -2.41. The van der Waals surface area contributed by atoms with Gasteiger partial charge in [-0.05, 0) is 64.6 Å². The van der Waals surface area contributed by atoms with E-state index in [1.165, 1.54) is 51.7 Å². The molecule has 2 aliphatic heterocycles. The number of likely N-dealkylation sites (tertiary alicyclic amines) is 2. The van der Waals surface area contributed by atoms with E-state index in [2.05, 4.69) is 35.6 Å². The lowest BCUT2D eigenvalue weighted by molar-refractivity contribution is 0.0670. The minimum atomic E-state index is -0.0289. The van der Waals surface area contributed by atoms with Crippen molar-refractivity contribution in [3.05, 3.63) is 0 Å². The van der Waals surface area contributed by atoms with Crippen LogP contribution in [0.15, 0.2) is 0 Å². The molecule has 3 rings (SSSR count). The van der Waals surface area contributed by atoms with Crippen LogP contribution >= 0.6 is 0 Å². The first-order chi connectivity index (χ1) is 12.2. The molecule has 3 aliphatic rings. The van der Waals surface area contributed by atoms with Crippen molar-refractivity contribution in [2.75, 3.05) is 39.8 Å². The summed E-state index contributed by atoms with van der Waals surface area (Å²) in [7, 11) is 2.22. The average Bonchev–Trinajstić information content (AvgIpc) is 2.60. The monoisotopic (exact) mass is 350 g/mol. The summed E-state index contributed by atoms with van der Waals surface area (Å²) in [5.41, 5.74) is 0. The van der Waals surface area contributed by atoms with E-state index in [0.29, 0.717) is 0 Å². The Morgan fingerprint density at radius 3 is 2.00 bits per heavy atom. The highest BCUT2D eigenvalue weighted by atomic mass is 16.3. The Bertz CT molecular complexity index is 347. The van der Waals surface area contributed by atoms with Crippen LogP contribution in [0.4, 0.5) is 0 Å². The minimum Gasteiger partial charge on any atom is -0.393 e. The van der Waals surface area contributed by atoms with Gasteiger partial charge in [0.1, 0.15) is 0 Å². The fourth-order valence-electron chi connectivity index (χ4n) is 3.51. The zero-order valence-corrected chi connectivity index (χ0v) is 17.3. The highest BCUT2D eigenvalue weighted by Gasteiger charge is 2.22. The molecule has 0 amide bonds. The molecule has 0 spiro atoms. The summed E-state index contributed by atoms with van der Waals surface area (Å²) in [6, 6.07) is 0. The molecule has 0 unspecified atom stereocenters. The number of aliphatic hydroxyl groups is 1. The first-order valence-electron chi connectivity index (χ1n) is 10.7. The van der Waals surface area contributed by atoms with E-state index < -0.39 is 0 Å². The normalized spacial score (nSPS) is 23.2. The van der Waals surface area contributed by atoms with Crippen molar-refractivity contribution < 1.29 is 5.11 Å². The van der Waals surface area contributed by atoms with Crippen LogP contribution in [0, 0.1) is 23.7 Å². The summed E-state index contributed by atoms with van der Waals surface area (Å²) in [4.78, 5) is 4.97. The Balaban J connectivity index is 0.000000264. The van der Waals surface area contributed by atoms with E-state index in [9.17, 15) is 5.11 Å². The van der Waals surface area contributed by atoms with Gasteiger partial charge < -0.3 is 14.9 Å². The molecule has 146 valence electrons. The maximum absolute atomic E-state index is 9.43. The van der Waals surface area contributed by atoms with Crippen molar-refractivity contribution in [1.82, 2.24) is 9.80 Å². The van der Waals surface area contributed by atoms with E-state index in [0.717, 1.165) is 44.2 Å². The molecular weight excluding hydrogens is 308 g/mol. The number of piperidine rings is 2. The van der Waals surface area contributed by atoms with Gasteiger partial charge in [-0.15, -0.1) is 5.92 Å². The lowest BCUT2D eigenvalue weighted by Gasteiger charge is -2.35. The summed E-state index contributed by atoms with van der Waals surface area (Å²) in [6.45, 7) is 12.1. The van der Waals surface area contributed by atoms with Gasteiger partial charge in [-0.25, -0.2) is 0 Å². The molecule has 1 N–H and O–H groups in total. The quantitative estimate of drug-likeness (QED) is 0.762. The predicted octanol–water partition coefficient (Wildman–Crippen LogP) is 4.01. The van der Waals surface area contributed by atoms with Gasteiger partial charge in [0.15, 0.2) is 0 Å². The van der Waals surface area contributed by atoms with Gasteiger partial charge in [-0.2, -0.15) is 0 Å². The number of hydrogen-bond acceptors (Lipinski definition) is 3. The molecule has 0 aromatic carbocycles. The van der Waals surface area contributed by atoms with Crippen LogP contribution in [0.5, 0.6) is 0 Å². The van der Waals surface area contributed by atoms with Gasteiger partial charge in [-0.1, -0.05) is 33.1 Å². The molecule has 2 heterocycles. The Morgan fingerprint density at radius 1 is 0.920 bits per heavy atom. The third-order valence-electron chi connectivity index (χ3n) is 5.50. The molecule has 3 nitrogen and oxygen atoms in total. The Hall–Kier alpha value is -0.560. The van der Waals surface area contributed by atoms with Crippen LogP contribution in [0.3, 0.4) is 0 Å². The highest BCUT2D eigenvalue weighted by molar-refractivity contribution is 5.05. The smallest absolute Gasteiger partial charge is 0.0564 e. The van der Waals surface area contributed by atoms with Crippen LogP contribution in [0.25, 0.3) is 0 Å². The summed E-state index contributed by atoms with van der Waals surface area (Å²) in [5, 5.41) is 9.43. The first-order valence-corrected chi connectivity index (χ1v) is 10.7. The Labute approximate surface area is 157 Å². The number of rotatable bonds is 2. The average molecular weight is 351 g/mol. The predicted molar refractivity (Wildman–Crippen MR) is 109 cm³/mol. The van der Waals surface area contributed by atoms with E-state index in [1.54, 1.807) is 0 Å². The molecule has 2 saturated heterocycles. The lowest BCUT2D eigenvalue weighted by atomic mass is 9.86. The fourth-order valence-corrected chi connectivity index (χ4v) is 3.51. The number of aliphatic hydroxyl groups excluding tert-OH is 1. The van der Waals surface area contributed by atoms with E-state index >= 15 is 0 Å². The molecule has 3 fully saturated rings. The van der Waals surface area contributed by atoms with Gasteiger partial charge in [-0.3, -0.25) is 0 Å². The van der Waals surface area contributed by atoms with Crippen LogP contribution < -0.4 is 0 Å². The topological polar surface area (TPSA) is 26.7 Å². The molecule has 0 bridgehead atoms. The first kappa shape index (κ1) is 22.5. The molecule has 3 heteroatoms. The fraction of sp³-hybridized carbons (Fsp3) is 0.909. The summed E-state index contributed by atoms with van der Waals surface area (Å²) in [5.74, 6) is 7.99. The molecule has 0 radical (unpaired) electrons. The summed E-state index contributed by atoms with van der Waals surface area (Å²) in [6.07, 6.45) is 9.78. The van der Waals surface area contributed by atoms with Gasteiger partial charge >= 0.3 is 0 Å². The minimum absolute atomic E-state index is 0.0289. The van der Waals surface area contributed by atoms with Crippen molar-refractivity contribution in [2.45, 2.75) is 78.2 Å². The SMILES string of the molecule is CC.CCC#CC1CCC1.CN1CCC(CN2CCC(O)CC2)CC1. The van der Waals surface area contributed by atoms with Crippen molar-refractivity contribution >= 4 is 0 Å². The van der Waals surface area contributed by atoms with E-state index in [1.807, 2.05) is 13.8 Å². The largest absolute Gasteiger partial charge is 0.393 e. The molecule has 0 aromatic heterocycles. The zero-order valence-electron chi connectivity index (χ0n) is 17.3. The second-order valence-corrected chi connectivity index (χ2v) is 7.58. The van der Waals surface area contributed by atoms with Crippen LogP contribution in [-0.4, -0.2) is 60.8 Å². The highest BCUT2D eigenvalue weighted by Crippen LogP contribution is 2.24. The van der Waals surface area contributed by atoms with E-state index in [-0.39, 0.29) is 6.10 Å². The van der Waals surface area contributed by atoms with Crippen molar-refractivity contribution in [1.29, 1.82) is 0 Å². The molecule has 1 aliphatic carbocycles. The number of nitrogens with zero attached hydrogens (tertiary/aromatic N) is 2. The molecule has 25 heavy (non-hydrogen) atoms. The number of hydrogen-bond donors (Lipinski definition) is 1. The Morgan fingerprint density at radius 2 is 1.52 bits per heavy atom. The van der Waals surface area contributed by atoms with Crippen molar-refractivity contribution in [3.63, 3.8) is 0 Å².